The number of halogens is 2. The molecule has 518 valence electrons. The van der Waals surface area contributed by atoms with Crippen LogP contribution in [-0.4, -0.2) is 267 Å². The number of carbonyl (C=O) groups excluding carboxylic acids is 7. The van der Waals surface area contributed by atoms with E-state index in [9.17, 15) is 77.3 Å². The third-order valence-electron chi connectivity index (χ3n) is 17.6. The Hall–Kier alpha value is -7.91. The van der Waals surface area contributed by atoms with Gasteiger partial charge in [0, 0.05) is 115 Å². The second kappa shape index (κ2) is 37.4. The number of aliphatic carboxylic acids is 3. The van der Waals surface area contributed by atoms with Crippen molar-refractivity contribution in [3.8, 4) is 11.8 Å². The number of carboxylic acids is 3. The molecule has 0 radical (unpaired) electrons. The van der Waals surface area contributed by atoms with Gasteiger partial charge in [0.1, 0.15) is 18.3 Å². The summed E-state index contributed by atoms with van der Waals surface area (Å²) in [5.41, 5.74) is 3.04. The predicted molar refractivity (Wildman–Crippen MR) is 347 cm³/mol. The minimum atomic E-state index is -3.19. The zero-order chi connectivity index (χ0) is 68.4. The van der Waals surface area contributed by atoms with E-state index in [1.807, 2.05) is 11.8 Å². The molecule has 4 saturated heterocycles. The lowest BCUT2D eigenvalue weighted by molar-refractivity contribution is -0.146. The summed E-state index contributed by atoms with van der Waals surface area (Å²) in [5, 5.41) is 46.0. The number of unbranched alkanes of at least 4 members (excludes halogenated alkanes) is 3. The molecule has 0 aliphatic carbocycles. The quantitative estimate of drug-likeness (QED) is 0.0376. The molecule has 95 heavy (non-hydrogen) atoms. The third kappa shape index (κ3) is 25.0. The van der Waals surface area contributed by atoms with Crippen LogP contribution in [0.5, 0.6) is 5.75 Å². The summed E-state index contributed by atoms with van der Waals surface area (Å²) in [6.07, 6.45) is 9.03. The van der Waals surface area contributed by atoms with E-state index in [4.69, 9.17) is 4.74 Å². The van der Waals surface area contributed by atoms with Gasteiger partial charge in [-0.05, 0) is 94.0 Å². The molecule has 3 aromatic rings. The molecule has 0 spiro atoms. The zero-order valence-electron chi connectivity index (χ0n) is 54.1. The number of likely N-dealkylation sites (tertiary alicyclic amines) is 3. The second-order valence-electron chi connectivity index (χ2n) is 25.0. The van der Waals surface area contributed by atoms with Crippen molar-refractivity contribution in [2.75, 3.05) is 131 Å². The highest BCUT2D eigenvalue weighted by Crippen LogP contribution is 2.33. The molecular formula is C66H90F2N12O14S. The Morgan fingerprint density at radius 3 is 1.98 bits per heavy atom. The maximum Gasteiger partial charge on any atom is 0.317 e. The predicted octanol–water partition coefficient (Wildman–Crippen LogP) is 3.34. The number of hydrogen-bond donors (Lipinski definition) is 6. The Bertz CT molecular complexity index is 3160. The van der Waals surface area contributed by atoms with Crippen molar-refractivity contribution < 1.29 is 76.8 Å². The molecule has 3 atom stereocenters. The lowest BCUT2D eigenvalue weighted by Gasteiger charge is -2.33. The van der Waals surface area contributed by atoms with E-state index >= 15 is 0 Å². The number of aryl methyl sites for hydroxylation is 2. The normalized spacial score (nSPS) is 19.2. The minimum absolute atomic E-state index is 0.0273. The Kier molecular flexibility index (Phi) is 29.3. The summed E-state index contributed by atoms with van der Waals surface area (Å²) in [6.45, 7) is 2.87. The molecule has 7 rings (SSSR count). The van der Waals surface area contributed by atoms with Crippen LogP contribution in [-0.2, 0) is 49.6 Å². The molecular weight excluding hydrogens is 1250 g/mol. The number of aromatic nitrogens is 1. The molecule has 6 N–H and O–H groups in total. The van der Waals surface area contributed by atoms with Gasteiger partial charge in [-0.1, -0.05) is 49.1 Å². The number of fused-ring (bicyclic) bond motifs is 1. The number of imide groups is 1. The summed E-state index contributed by atoms with van der Waals surface area (Å²) < 4.78 is 33.9. The van der Waals surface area contributed by atoms with Crippen LogP contribution in [0.15, 0.2) is 54.7 Å². The largest absolute Gasteiger partial charge is 0.494 e. The first-order chi connectivity index (χ1) is 45.5. The average molecular weight is 1350 g/mol. The number of nitrogens with zero attached hydrogens (tertiary/aromatic N) is 9. The van der Waals surface area contributed by atoms with Gasteiger partial charge in [-0.25, -0.2) is 8.78 Å². The van der Waals surface area contributed by atoms with E-state index in [0.29, 0.717) is 80.9 Å². The first-order valence-corrected chi connectivity index (χ1v) is 33.7. The van der Waals surface area contributed by atoms with Crippen molar-refractivity contribution >= 4 is 81.9 Å². The van der Waals surface area contributed by atoms with Gasteiger partial charge < -0.3 is 45.8 Å². The molecule has 4 aliphatic rings. The number of pyridine rings is 1. The second-order valence-corrected chi connectivity index (χ2v) is 26.5. The summed E-state index contributed by atoms with van der Waals surface area (Å²) in [5.74, 6) is -8.65. The van der Waals surface area contributed by atoms with E-state index in [0.717, 1.165) is 54.7 Å². The maximum absolute atomic E-state index is 14.1. The molecule has 26 nitrogen and oxygen atoms in total. The number of benzene rings is 2. The van der Waals surface area contributed by atoms with Crippen molar-refractivity contribution in [2.24, 2.45) is 5.92 Å². The van der Waals surface area contributed by atoms with Crippen molar-refractivity contribution in [2.45, 2.75) is 119 Å². The molecule has 0 saturated carbocycles. The van der Waals surface area contributed by atoms with Gasteiger partial charge in [-0.15, -0.1) is 11.8 Å². The summed E-state index contributed by atoms with van der Waals surface area (Å²) in [4.78, 5) is 144. The van der Waals surface area contributed by atoms with Gasteiger partial charge in [0.05, 0.1) is 68.3 Å². The fourth-order valence-electron chi connectivity index (χ4n) is 12.2. The SMILES string of the molecule is Cc1ccc(CCCC(=O)NCCCCC[C@H](CNC(=O)CN2CCN(CC(=O)O)CCN(CC(=O)O)CCN(CC(=O)O)CC2)SC2CC(=O)N(CC(=O)N3CCC(CCCCOc4ccc5nccc(C(=O)NCC(=O)N6CC(F)(F)C[C@@H]6C#N)c5c4)CC3)C2=O)cc1. The van der Waals surface area contributed by atoms with Crippen LogP contribution >= 0.6 is 11.8 Å². The smallest absolute Gasteiger partial charge is 0.317 e. The Morgan fingerprint density at radius 1 is 0.726 bits per heavy atom. The highest BCUT2D eigenvalue weighted by molar-refractivity contribution is 8.01. The van der Waals surface area contributed by atoms with Crippen molar-refractivity contribution in [1.82, 2.24) is 55.2 Å². The third-order valence-corrected chi connectivity index (χ3v) is 19.1. The van der Waals surface area contributed by atoms with Crippen LogP contribution in [0, 0.1) is 24.2 Å². The molecule has 2 aromatic carbocycles. The molecule has 4 fully saturated rings. The number of nitriles is 1. The van der Waals surface area contributed by atoms with E-state index < -0.39 is 78.3 Å². The van der Waals surface area contributed by atoms with Crippen molar-refractivity contribution in [3.05, 3.63) is 71.4 Å². The monoisotopic (exact) mass is 1340 g/mol. The van der Waals surface area contributed by atoms with Crippen LogP contribution < -0.4 is 20.7 Å². The maximum atomic E-state index is 14.1. The van der Waals surface area contributed by atoms with Gasteiger partial charge in [-0.2, -0.15) is 5.26 Å². The molecule has 4 aliphatic heterocycles. The number of hydrogen-bond acceptors (Lipinski definition) is 18. The lowest BCUT2D eigenvalue weighted by Crippen LogP contribution is -2.50. The lowest BCUT2D eigenvalue weighted by atomic mass is 9.91. The molecule has 1 unspecified atom stereocenters. The fourth-order valence-corrected chi connectivity index (χ4v) is 13.7. The summed E-state index contributed by atoms with van der Waals surface area (Å²) >= 11 is 1.28. The number of alkyl halides is 2. The number of thioether (sulfide) groups is 1. The standard InChI is InChI=1S/C66H90F2N12O14S/c1-46-12-14-47(15-13-46)9-7-11-56(81)71-21-5-2-3-10-51(38-72-57(82)40-74-25-27-75(42-61(86)87)29-31-77(44-63(90)91)32-30-76(28-26-74)43-62(88)89)95-55-35-58(83)79(65(55)93)41-60(85)78-23-19-48(20-24-78)8-4-6-33-94-50-16-17-54-53(34-50)52(18-22-70-54)64(92)73-39-59(84)80-45-66(67,68)36-49(80)37-69/h12-18,22,34,48-49,51,55H,2-11,19-21,23-33,35-36,38-45H2,1H3,(H,71,81)(H,72,82)(H,73,92)(H,86,87)(H,88,89)(H,90,91)/t49-,51-,55?/m1/s1. The van der Waals surface area contributed by atoms with Crippen LogP contribution in [0.2, 0.25) is 0 Å². The average Bonchev–Trinajstić information content (AvgIpc) is 1.58. The number of piperidine rings is 1. The van der Waals surface area contributed by atoms with Crippen LogP contribution in [0.25, 0.3) is 10.9 Å². The van der Waals surface area contributed by atoms with Crippen LogP contribution in [0.1, 0.15) is 105 Å². The fraction of sp³-hybridized carbons (Fsp3) is 0.606. The van der Waals surface area contributed by atoms with Gasteiger partial charge in [0.15, 0.2) is 0 Å². The number of carboxylic acid groups (broad SMARTS) is 3. The molecule has 1 aromatic heterocycles. The number of amides is 7. The summed E-state index contributed by atoms with van der Waals surface area (Å²) in [7, 11) is 0. The van der Waals surface area contributed by atoms with E-state index in [1.54, 1.807) is 43.9 Å². The van der Waals surface area contributed by atoms with Crippen LogP contribution in [0.4, 0.5) is 8.78 Å². The number of ether oxygens (including phenoxy) is 1. The Morgan fingerprint density at radius 2 is 1.36 bits per heavy atom. The molecule has 0 bridgehead atoms. The first kappa shape index (κ1) is 74.5. The van der Waals surface area contributed by atoms with Crippen molar-refractivity contribution in [1.29, 1.82) is 5.26 Å². The van der Waals surface area contributed by atoms with E-state index in [2.05, 4.69) is 45.2 Å². The highest BCUT2D eigenvalue weighted by atomic mass is 32.2. The molecule has 29 heteroatoms. The number of rotatable bonds is 33. The van der Waals surface area contributed by atoms with E-state index in [-0.39, 0.29) is 127 Å². The topological polar surface area (TPSA) is 336 Å². The summed E-state index contributed by atoms with van der Waals surface area (Å²) in [6, 6.07) is 15.3. The zero-order valence-corrected chi connectivity index (χ0v) is 54.9. The minimum Gasteiger partial charge on any atom is -0.494 e. The van der Waals surface area contributed by atoms with Crippen LogP contribution in [0.3, 0.4) is 0 Å². The van der Waals surface area contributed by atoms with Gasteiger partial charge in [-0.3, -0.25) is 77.4 Å². The highest BCUT2D eigenvalue weighted by Gasteiger charge is 2.47. The first-order valence-electron chi connectivity index (χ1n) is 32.8. The van der Waals surface area contributed by atoms with Crippen molar-refractivity contribution in [3.63, 3.8) is 0 Å². The van der Waals surface area contributed by atoms with Gasteiger partial charge in [0.25, 0.3) is 11.8 Å². The van der Waals surface area contributed by atoms with Gasteiger partial charge >= 0.3 is 17.9 Å². The number of carbonyl (C=O) groups is 10. The Balaban J connectivity index is 0.868. The molecule has 5 heterocycles. The Labute approximate surface area is 556 Å². The molecule has 7 amide bonds. The number of nitrogens with one attached hydrogen (secondary N) is 3. The van der Waals surface area contributed by atoms with Gasteiger partial charge in [0.2, 0.25) is 35.4 Å². The van der Waals surface area contributed by atoms with E-state index in [1.165, 1.54) is 35.2 Å².